The van der Waals surface area contributed by atoms with Crippen molar-refractivity contribution in [2.75, 3.05) is 43.1 Å². The van der Waals surface area contributed by atoms with Gasteiger partial charge in [-0.15, -0.1) is 0 Å². The summed E-state index contributed by atoms with van der Waals surface area (Å²) in [7, 11) is 1.61. The number of hydrogen-bond donors (Lipinski definition) is 2. The van der Waals surface area contributed by atoms with E-state index in [1.807, 2.05) is 24.3 Å². The van der Waals surface area contributed by atoms with E-state index in [9.17, 15) is 18.0 Å². The third-order valence-electron chi connectivity index (χ3n) is 6.33. The summed E-state index contributed by atoms with van der Waals surface area (Å²) in [6.45, 7) is 2.37. The van der Waals surface area contributed by atoms with Crippen molar-refractivity contribution in [2.24, 2.45) is 0 Å². The van der Waals surface area contributed by atoms with Crippen LogP contribution in [0.4, 0.5) is 29.3 Å². The molecule has 1 heterocycles. The molecule has 2 N–H and O–H groups in total. The molecule has 37 heavy (non-hydrogen) atoms. The summed E-state index contributed by atoms with van der Waals surface area (Å²) in [6, 6.07) is 19.3. The quantitative estimate of drug-likeness (QED) is 0.428. The Morgan fingerprint density at radius 1 is 0.973 bits per heavy atom. The molecule has 1 saturated heterocycles. The van der Waals surface area contributed by atoms with Gasteiger partial charge in [-0.1, -0.05) is 36.4 Å². The van der Waals surface area contributed by atoms with Crippen molar-refractivity contribution in [2.45, 2.75) is 19.3 Å². The molecule has 0 bridgehead atoms. The summed E-state index contributed by atoms with van der Waals surface area (Å²) in [5.41, 5.74) is 4.02. The lowest BCUT2D eigenvalue weighted by molar-refractivity contribution is -0.137. The van der Waals surface area contributed by atoms with Crippen LogP contribution in [0.5, 0.6) is 5.75 Å². The van der Waals surface area contributed by atoms with Gasteiger partial charge in [-0.25, -0.2) is 10.3 Å². The molecule has 7 nitrogen and oxygen atoms in total. The van der Waals surface area contributed by atoms with Crippen LogP contribution in [0.1, 0.15) is 16.7 Å². The zero-order chi connectivity index (χ0) is 26.4. The summed E-state index contributed by atoms with van der Waals surface area (Å²) in [4.78, 5) is 18.9. The van der Waals surface area contributed by atoms with Crippen molar-refractivity contribution in [3.8, 4) is 5.75 Å². The summed E-state index contributed by atoms with van der Waals surface area (Å²) in [5, 5.41) is 8.90. The third kappa shape index (κ3) is 6.52. The minimum absolute atomic E-state index is 0.100. The number of methoxy groups -OCH3 is 1. The fourth-order valence-electron chi connectivity index (χ4n) is 4.29. The Balaban J connectivity index is 1.55. The van der Waals surface area contributed by atoms with Crippen molar-refractivity contribution < 1.29 is 27.9 Å². The number of hydrogen-bond acceptors (Lipinski definition) is 5. The van der Waals surface area contributed by atoms with E-state index < -0.39 is 11.7 Å². The van der Waals surface area contributed by atoms with E-state index in [1.54, 1.807) is 36.3 Å². The zero-order valence-corrected chi connectivity index (χ0v) is 20.4. The minimum atomic E-state index is -4.52. The first-order chi connectivity index (χ1) is 17.8. The molecule has 3 aromatic rings. The van der Waals surface area contributed by atoms with Crippen LogP contribution in [0.25, 0.3) is 0 Å². The van der Waals surface area contributed by atoms with Crippen LogP contribution in [-0.4, -0.2) is 49.4 Å². The summed E-state index contributed by atoms with van der Waals surface area (Å²) in [5.74, 6) is 0.743. The van der Waals surface area contributed by atoms with E-state index in [-0.39, 0.29) is 24.8 Å². The number of benzene rings is 3. The Morgan fingerprint density at radius 3 is 2.30 bits per heavy atom. The smallest absolute Gasteiger partial charge is 0.416 e. The van der Waals surface area contributed by atoms with Crippen molar-refractivity contribution in [3.63, 3.8) is 0 Å². The molecule has 4 rings (SSSR count). The van der Waals surface area contributed by atoms with Gasteiger partial charge in [0, 0.05) is 50.2 Å². The van der Waals surface area contributed by atoms with Crippen LogP contribution in [0, 0.1) is 0 Å². The predicted octanol–water partition coefficient (Wildman–Crippen LogP) is 5.14. The number of carbonyl (C=O) groups is 1. The number of ether oxygens (including phenoxy) is 1. The maximum Gasteiger partial charge on any atom is 0.416 e. The lowest BCUT2D eigenvalue weighted by atomic mass is 10.1. The fraction of sp³-hybridized carbons (Fsp3) is 0.296. The van der Waals surface area contributed by atoms with Crippen molar-refractivity contribution in [1.29, 1.82) is 0 Å². The van der Waals surface area contributed by atoms with Crippen molar-refractivity contribution in [3.05, 3.63) is 89.5 Å². The molecule has 0 saturated carbocycles. The number of rotatable bonds is 7. The van der Waals surface area contributed by atoms with E-state index in [0.29, 0.717) is 26.2 Å². The Hall–Kier alpha value is -3.76. The van der Waals surface area contributed by atoms with Crippen LogP contribution in [-0.2, 0) is 19.3 Å². The molecular weight excluding hydrogens is 485 g/mol. The molecule has 0 aliphatic carbocycles. The molecule has 0 atom stereocenters. The second-order valence-electron chi connectivity index (χ2n) is 8.74. The van der Waals surface area contributed by atoms with Crippen LogP contribution < -0.4 is 20.0 Å². The number of alkyl halides is 3. The van der Waals surface area contributed by atoms with E-state index in [0.717, 1.165) is 34.7 Å². The monoisotopic (exact) mass is 514 g/mol. The van der Waals surface area contributed by atoms with E-state index in [4.69, 9.17) is 9.94 Å². The summed E-state index contributed by atoms with van der Waals surface area (Å²) >= 11 is 0. The SMILES string of the molecule is COc1cccc(N2CCN(C(=O)N(Cc3ccc(CNO)cc3)c3cccc(C(F)(F)F)c3)CC2)c1. The van der Waals surface area contributed by atoms with Gasteiger partial charge in [0.25, 0.3) is 0 Å². The van der Waals surface area contributed by atoms with E-state index >= 15 is 0 Å². The second-order valence-corrected chi connectivity index (χ2v) is 8.74. The molecule has 0 spiro atoms. The number of piperazine rings is 1. The average Bonchev–Trinajstić information content (AvgIpc) is 2.92. The lowest BCUT2D eigenvalue weighted by Crippen LogP contribution is -2.53. The molecule has 2 amide bonds. The van der Waals surface area contributed by atoms with Gasteiger partial charge >= 0.3 is 12.2 Å². The largest absolute Gasteiger partial charge is 0.497 e. The molecule has 1 aliphatic rings. The molecular formula is C27H29F3N4O3. The normalized spacial score (nSPS) is 14.0. The summed E-state index contributed by atoms with van der Waals surface area (Å²) in [6.07, 6.45) is -4.52. The highest BCUT2D eigenvalue weighted by Gasteiger charge is 2.32. The summed E-state index contributed by atoms with van der Waals surface area (Å²) < 4.78 is 45.6. The van der Waals surface area contributed by atoms with E-state index in [1.165, 1.54) is 17.0 Å². The van der Waals surface area contributed by atoms with Gasteiger partial charge in [0.2, 0.25) is 0 Å². The van der Waals surface area contributed by atoms with Gasteiger partial charge in [-0.2, -0.15) is 13.2 Å². The highest BCUT2D eigenvalue weighted by molar-refractivity contribution is 5.92. The number of halogens is 3. The standard InChI is InChI=1S/C27H29F3N4O3/c1-37-25-7-3-5-23(17-25)32-12-14-33(15-13-32)26(35)34(19-21-10-8-20(9-11-21)18-31-36)24-6-2-4-22(16-24)27(28,29)30/h2-11,16-17,31,36H,12-15,18-19H2,1H3. The highest BCUT2D eigenvalue weighted by Crippen LogP contribution is 2.32. The molecule has 0 aromatic heterocycles. The molecule has 10 heteroatoms. The van der Waals surface area contributed by atoms with Gasteiger partial charge in [-0.05, 0) is 41.5 Å². The zero-order valence-electron chi connectivity index (χ0n) is 20.4. The third-order valence-corrected chi connectivity index (χ3v) is 6.33. The number of carbonyl (C=O) groups excluding carboxylic acids is 1. The molecule has 1 fully saturated rings. The minimum Gasteiger partial charge on any atom is -0.497 e. The number of anilines is 2. The first-order valence-corrected chi connectivity index (χ1v) is 11.9. The van der Waals surface area contributed by atoms with Gasteiger partial charge in [0.05, 0.1) is 19.2 Å². The molecule has 0 unspecified atom stereocenters. The Morgan fingerprint density at radius 2 is 1.65 bits per heavy atom. The Bertz CT molecular complexity index is 1200. The Kier molecular flexibility index (Phi) is 8.20. The number of nitrogens with one attached hydrogen (secondary N) is 1. The first kappa shape index (κ1) is 26.3. The topological polar surface area (TPSA) is 68.3 Å². The maximum atomic E-state index is 13.7. The van der Waals surface area contributed by atoms with Crippen molar-refractivity contribution >= 4 is 17.4 Å². The van der Waals surface area contributed by atoms with Crippen LogP contribution in [0.3, 0.4) is 0 Å². The van der Waals surface area contributed by atoms with E-state index in [2.05, 4.69) is 10.4 Å². The lowest BCUT2D eigenvalue weighted by Gasteiger charge is -2.38. The maximum absolute atomic E-state index is 13.7. The molecule has 0 radical (unpaired) electrons. The predicted molar refractivity (Wildman–Crippen MR) is 135 cm³/mol. The first-order valence-electron chi connectivity index (χ1n) is 11.9. The number of hydroxylamine groups is 1. The van der Waals surface area contributed by atoms with Gasteiger partial charge in [0.1, 0.15) is 5.75 Å². The molecule has 1 aliphatic heterocycles. The molecule has 3 aromatic carbocycles. The number of amides is 2. The van der Waals surface area contributed by atoms with Crippen LogP contribution >= 0.6 is 0 Å². The second kappa shape index (κ2) is 11.5. The van der Waals surface area contributed by atoms with Gasteiger partial charge < -0.3 is 19.7 Å². The van der Waals surface area contributed by atoms with Gasteiger partial charge in [0.15, 0.2) is 0 Å². The fourth-order valence-corrected chi connectivity index (χ4v) is 4.29. The van der Waals surface area contributed by atoms with Gasteiger partial charge in [-0.3, -0.25) is 4.90 Å². The average molecular weight is 515 g/mol. The number of nitrogens with zero attached hydrogens (tertiary/aromatic N) is 3. The molecule has 196 valence electrons. The Labute approximate surface area is 213 Å². The number of urea groups is 1. The van der Waals surface area contributed by atoms with Crippen molar-refractivity contribution in [1.82, 2.24) is 10.4 Å². The van der Waals surface area contributed by atoms with Crippen LogP contribution in [0.2, 0.25) is 0 Å². The van der Waals surface area contributed by atoms with Crippen LogP contribution in [0.15, 0.2) is 72.8 Å². The highest BCUT2D eigenvalue weighted by atomic mass is 19.4.